The van der Waals surface area contributed by atoms with Crippen molar-refractivity contribution in [3.63, 3.8) is 0 Å². The van der Waals surface area contributed by atoms with Crippen LogP contribution in [0, 0.1) is 0 Å². The van der Waals surface area contributed by atoms with Gasteiger partial charge in [-0.25, -0.2) is 0 Å². The summed E-state index contributed by atoms with van der Waals surface area (Å²) < 4.78 is 13.3. The average Bonchev–Trinajstić information content (AvgIpc) is 3.49. The molecule has 9 nitrogen and oxygen atoms in total. The fraction of sp³-hybridized carbons (Fsp3) is 0.394. The molecule has 2 atom stereocenters. The highest BCUT2D eigenvalue weighted by molar-refractivity contribution is 7.18. The van der Waals surface area contributed by atoms with Gasteiger partial charge in [0.05, 0.1) is 44.0 Å². The van der Waals surface area contributed by atoms with Crippen LogP contribution in [0.4, 0.5) is 0 Å². The van der Waals surface area contributed by atoms with Gasteiger partial charge in [0.2, 0.25) is 5.43 Å². The lowest BCUT2D eigenvalue weighted by Gasteiger charge is -2.38. The van der Waals surface area contributed by atoms with Gasteiger partial charge in [-0.2, -0.15) is 0 Å². The van der Waals surface area contributed by atoms with Crippen LogP contribution in [-0.2, 0) is 29.1 Å². The second-order valence-electron chi connectivity index (χ2n) is 11.2. The van der Waals surface area contributed by atoms with E-state index in [4.69, 9.17) is 21.1 Å². The first kappa shape index (κ1) is 30.9. The van der Waals surface area contributed by atoms with Crippen LogP contribution in [-0.4, -0.2) is 84.0 Å². The number of nitrogens with one attached hydrogen (secondary N) is 1. The van der Waals surface area contributed by atoms with Crippen LogP contribution in [0.3, 0.4) is 0 Å². The number of ether oxygens (including phenoxy) is 2. The van der Waals surface area contributed by atoms with Gasteiger partial charge in [-0.3, -0.25) is 19.4 Å². The van der Waals surface area contributed by atoms with Gasteiger partial charge in [-0.05, 0) is 29.3 Å². The zero-order valence-corrected chi connectivity index (χ0v) is 26.1. The number of aliphatic hydroxyl groups is 1. The molecule has 0 spiro atoms. The number of halogens is 1. The topological polar surface area (TPSA) is 96.3 Å². The zero-order chi connectivity index (χ0) is 30.5. The number of aliphatic hydroxyl groups excluding tert-OH is 1. The Hall–Kier alpha value is -3.09. The molecule has 2 N–H and O–H groups in total. The van der Waals surface area contributed by atoms with E-state index in [9.17, 15) is 14.7 Å². The largest absolute Gasteiger partial charge is 0.387 e. The molecule has 4 aromatic rings. The third-order valence-corrected chi connectivity index (χ3v) is 9.72. The highest BCUT2D eigenvalue weighted by Gasteiger charge is 2.31. The number of fused-ring (bicyclic) bond motifs is 1. The highest BCUT2D eigenvalue weighted by Crippen LogP contribution is 2.29. The molecule has 0 aliphatic carbocycles. The van der Waals surface area contributed by atoms with Crippen LogP contribution >= 0.6 is 22.9 Å². The number of benzene rings is 2. The van der Waals surface area contributed by atoms with Crippen LogP contribution in [0.1, 0.15) is 32.5 Å². The fourth-order valence-corrected chi connectivity index (χ4v) is 7.11. The highest BCUT2D eigenvalue weighted by atomic mass is 35.5. The molecule has 2 aliphatic heterocycles. The van der Waals surface area contributed by atoms with Crippen LogP contribution < -0.4 is 10.7 Å². The van der Waals surface area contributed by atoms with E-state index in [1.807, 2.05) is 53.1 Å². The number of hydrogen-bond donors (Lipinski definition) is 2. The molecule has 6 rings (SSSR count). The number of thiophene rings is 1. The van der Waals surface area contributed by atoms with E-state index in [1.54, 1.807) is 29.7 Å². The summed E-state index contributed by atoms with van der Waals surface area (Å²) in [5.41, 5.74) is 1.59. The van der Waals surface area contributed by atoms with Crippen molar-refractivity contribution in [2.24, 2.45) is 0 Å². The third kappa shape index (κ3) is 7.24. The molecule has 11 heteroatoms. The minimum absolute atomic E-state index is 0.126. The second kappa shape index (κ2) is 14.3. The van der Waals surface area contributed by atoms with E-state index in [1.165, 1.54) is 0 Å². The Morgan fingerprint density at radius 1 is 1.02 bits per heavy atom. The van der Waals surface area contributed by atoms with Crippen molar-refractivity contribution in [3.8, 4) is 0 Å². The molecule has 0 radical (unpaired) electrons. The van der Waals surface area contributed by atoms with Gasteiger partial charge in [0.15, 0.2) is 0 Å². The second-order valence-corrected chi connectivity index (χ2v) is 12.8. The number of carbonyl (C=O) groups is 1. The molecule has 232 valence electrons. The first-order chi connectivity index (χ1) is 21.5. The number of pyridine rings is 1. The van der Waals surface area contributed by atoms with Crippen LogP contribution in [0.2, 0.25) is 5.02 Å². The molecule has 2 aromatic heterocycles. The first-order valence-electron chi connectivity index (χ1n) is 15.0. The van der Waals surface area contributed by atoms with Gasteiger partial charge in [0.25, 0.3) is 5.91 Å². The number of aromatic nitrogens is 1. The van der Waals surface area contributed by atoms with Crippen molar-refractivity contribution in [2.75, 3.05) is 52.6 Å². The maximum Gasteiger partial charge on any atom is 0.257 e. The van der Waals surface area contributed by atoms with Crippen LogP contribution in [0.5, 0.6) is 0 Å². The van der Waals surface area contributed by atoms with E-state index < -0.39 is 12.0 Å². The Labute approximate surface area is 265 Å². The van der Waals surface area contributed by atoms with Crippen LogP contribution in [0.25, 0.3) is 10.2 Å². The summed E-state index contributed by atoms with van der Waals surface area (Å²) >= 11 is 7.57. The van der Waals surface area contributed by atoms with E-state index in [2.05, 4.69) is 15.1 Å². The number of carbonyl (C=O) groups excluding carboxylic acids is 1. The normalized spacial score (nSPS) is 18.8. The number of amides is 1. The Morgan fingerprint density at radius 3 is 2.55 bits per heavy atom. The molecule has 4 heterocycles. The predicted octanol–water partition coefficient (Wildman–Crippen LogP) is 3.91. The summed E-state index contributed by atoms with van der Waals surface area (Å²) in [6.07, 6.45) is 1.01. The Morgan fingerprint density at radius 2 is 1.77 bits per heavy atom. The lowest BCUT2D eigenvalue weighted by atomic mass is 10.0. The smallest absolute Gasteiger partial charge is 0.257 e. The number of hydrogen-bond acceptors (Lipinski definition) is 8. The lowest BCUT2D eigenvalue weighted by Crippen LogP contribution is -2.48. The lowest BCUT2D eigenvalue weighted by molar-refractivity contribution is -0.0629. The predicted molar refractivity (Wildman–Crippen MR) is 172 cm³/mol. The fourth-order valence-electron chi connectivity index (χ4n) is 5.80. The molecule has 2 fully saturated rings. The molecule has 2 aliphatic rings. The maximum atomic E-state index is 13.8. The molecule has 2 aromatic carbocycles. The summed E-state index contributed by atoms with van der Waals surface area (Å²) in [5.74, 6) is -0.404. The molecule has 44 heavy (non-hydrogen) atoms. The number of morpholine rings is 2. The van der Waals surface area contributed by atoms with Crippen molar-refractivity contribution < 1.29 is 19.4 Å². The van der Waals surface area contributed by atoms with Crippen LogP contribution in [0.15, 0.2) is 71.7 Å². The molecule has 2 unspecified atom stereocenters. The number of rotatable bonds is 10. The van der Waals surface area contributed by atoms with E-state index in [0.29, 0.717) is 56.5 Å². The standard InChI is InChI=1S/C33H37ClN4O5S/c34-25-8-6-23(7-9-25)19-35-32(41)28-21-38(11-10-36-12-15-42-16-13-36)33-27(31(28)40)18-26(44-33)20-37-14-17-43-22-29(37)30(39)24-4-2-1-3-5-24/h1-9,18,21,29-30,39H,10-17,19-20,22H2,(H,35,41). The molecule has 0 saturated carbocycles. The van der Waals surface area contributed by atoms with Crippen molar-refractivity contribution in [2.45, 2.75) is 31.8 Å². The first-order valence-corrected chi connectivity index (χ1v) is 16.2. The van der Waals surface area contributed by atoms with E-state index >= 15 is 0 Å². The van der Waals surface area contributed by atoms with Gasteiger partial charge in [-0.15, -0.1) is 11.3 Å². The quantitative estimate of drug-likeness (QED) is 0.273. The third-order valence-electron chi connectivity index (χ3n) is 8.32. The van der Waals surface area contributed by atoms with Gasteiger partial charge in [-0.1, -0.05) is 54.1 Å². The summed E-state index contributed by atoms with van der Waals surface area (Å²) in [6, 6.07) is 18.6. The molecule has 1 amide bonds. The van der Waals surface area contributed by atoms with Crippen molar-refractivity contribution in [3.05, 3.63) is 104 Å². The van der Waals surface area contributed by atoms with Crippen molar-refractivity contribution in [1.82, 2.24) is 19.7 Å². The minimum Gasteiger partial charge on any atom is -0.387 e. The number of nitrogens with zero attached hydrogens (tertiary/aromatic N) is 3. The summed E-state index contributed by atoms with van der Waals surface area (Å²) in [6.45, 7) is 7.08. The van der Waals surface area contributed by atoms with E-state index in [-0.39, 0.29) is 23.6 Å². The Balaban J connectivity index is 1.27. The Kier molecular flexibility index (Phi) is 10.1. The summed E-state index contributed by atoms with van der Waals surface area (Å²) in [4.78, 5) is 33.5. The zero-order valence-electron chi connectivity index (χ0n) is 24.5. The van der Waals surface area contributed by atoms with Crippen molar-refractivity contribution >= 4 is 39.1 Å². The molecule has 2 saturated heterocycles. The van der Waals surface area contributed by atoms with Crippen molar-refractivity contribution in [1.29, 1.82) is 0 Å². The minimum atomic E-state index is -0.699. The van der Waals surface area contributed by atoms with Gasteiger partial charge in [0.1, 0.15) is 10.4 Å². The molecular formula is C33H37ClN4O5S. The average molecular weight is 637 g/mol. The maximum absolute atomic E-state index is 13.8. The van der Waals surface area contributed by atoms with Gasteiger partial charge in [0, 0.05) is 61.9 Å². The monoisotopic (exact) mass is 636 g/mol. The SMILES string of the molecule is O=C(NCc1ccc(Cl)cc1)c1cn(CCN2CCOCC2)c2sc(CN3CCOCC3C(O)c3ccccc3)cc2c1=O. The molecule has 0 bridgehead atoms. The molecular weight excluding hydrogens is 600 g/mol. The van der Waals surface area contributed by atoms with Gasteiger partial charge < -0.3 is 24.5 Å². The van der Waals surface area contributed by atoms with E-state index in [0.717, 1.165) is 40.5 Å². The summed E-state index contributed by atoms with van der Waals surface area (Å²) in [7, 11) is 0. The summed E-state index contributed by atoms with van der Waals surface area (Å²) in [5, 5.41) is 15.3. The Bertz CT molecular complexity index is 1620. The van der Waals surface area contributed by atoms with Gasteiger partial charge >= 0.3 is 0 Å².